The van der Waals surface area contributed by atoms with Gasteiger partial charge in [-0.1, -0.05) is 6.07 Å². The maximum absolute atomic E-state index is 11.8. The number of esters is 1. The number of carbonyl (C=O) groups excluding carboxylic acids is 2. The topological polar surface area (TPSA) is 83.1 Å². The van der Waals surface area contributed by atoms with Gasteiger partial charge in [0.2, 0.25) is 5.75 Å². The third-order valence-corrected chi connectivity index (χ3v) is 4.36. The van der Waals surface area contributed by atoms with Crippen LogP contribution in [0.4, 0.5) is 0 Å². The second-order valence-electron chi connectivity index (χ2n) is 5.26. The van der Waals surface area contributed by atoms with Crippen molar-refractivity contribution >= 4 is 29.3 Å². The quantitative estimate of drug-likeness (QED) is 0.523. The summed E-state index contributed by atoms with van der Waals surface area (Å²) in [6.45, 7) is 0.0686. The van der Waals surface area contributed by atoms with Crippen molar-refractivity contribution in [3.05, 3.63) is 46.2 Å². The molecule has 1 N–H and O–H groups in total. The number of rotatable bonds is 9. The number of benzene rings is 1. The predicted octanol–water partition coefficient (Wildman–Crippen LogP) is 2.65. The van der Waals surface area contributed by atoms with Gasteiger partial charge in [-0.25, -0.2) is 4.79 Å². The van der Waals surface area contributed by atoms with Gasteiger partial charge in [0.1, 0.15) is 0 Å². The molecule has 1 aromatic heterocycles. The molecule has 0 radical (unpaired) electrons. The summed E-state index contributed by atoms with van der Waals surface area (Å²) in [4.78, 5) is 24.5. The van der Waals surface area contributed by atoms with Crippen molar-refractivity contribution in [1.82, 2.24) is 5.32 Å². The zero-order valence-corrected chi connectivity index (χ0v) is 16.1. The lowest BCUT2D eigenvalue weighted by Crippen LogP contribution is -2.27. The molecule has 0 atom stereocenters. The lowest BCUT2D eigenvalue weighted by molar-refractivity contribution is -0.143. The summed E-state index contributed by atoms with van der Waals surface area (Å²) in [5, 5.41) is 4.61. The molecule has 2 aromatic rings. The van der Waals surface area contributed by atoms with Gasteiger partial charge in [0, 0.05) is 11.0 Å². The van der Waals surface area contributed by atoms with Crippen LogP contribution in [0.3, 0.4) is 0 Å². The fourth-order valence-corrected chi connectivity index (χ4v) is 2.84. The van der Waals surface area contributed by atoms with E-state index in [1.54, 1.807) is 23.5 Å². The molecule has 8 heteroatoms. The van der Waals surface area contributed by atoms with Crippen LogP contribution in [0.25, 0.3) is 6.08 Å². The van der Waals surface area contributed by atoms with E-state index in [0.29, 0.717) is 29.4 Å². The Bertz CT molecular complexity index is 776. The number of hydrogen-bond donors (Lipinski definition) is 1. The molecule has 0 aliphatic carbocycles. The second-order valence-corrected chi connectivity index (χ2v) is 6.29. The first-order valence-electron chi connectivity index (χ1n) is 8.01. The van der Waals surface area contributed by atoms with Crippen LogP contribution in [0.15, 0.2) is 35.7 Å². The smallest absolute Gasteiger partial charge is 0.331 e. The molecular weight excluding hydrogens is 370 g/mol. The number of carbonyl (C=O) groups is 2. The van der Waals surface area contributed by atoms with Crippen LogP contribution < -0.4 is 19.5 Å². The molecule has 27 heavy (non-hydrogen) atoms. The largest absolute Gasteiger partial charge is 0.493 e. The first kappa shape index (κ1) is 20.3. The molecule has 0 spiro atoms. The Morgan fingerprint density at radius 2 is 1.81 bits per heavy atom. The zero-order valence-electron chi connectivity index (χ0n) is 15.3. The van der Waals surface area contributed by atoms with Gasteiger partial charge in [-0.15, -0.1) is 11.3 Å². The van der Waals surface area contributed by atoms with Crippen LogP contribution in [-0.4, -0.2) is 39.8 Å². The third kappa shape index (κ3) is 6.03. The maximum atomic E-state index is 11.8. The Morgan fingerprint density at radius 3 is 2.37 bits per heavy atom. The Balaban J connectivity index is 1.89. The number of thiophene rings is 1. The van der Waals surface area contributed by atoms with E-state index in [4.69, 9.17) is 18.9 Å². The third-order valence-electron chi connectivity index (χ3n) is 3.48. The van der Waals surface area contributed by atoms with Gasteiger partial charge in [-0.05, 0) is 35.2 Å². The molecule has 7 nitrogen and oxygen atoms in total. The van der Waals surface area contributed by atoms with Crippen molar-refractivity contribution in [3.63, 3.8) is 0 Å². The van der Waals surface area contributed by atoms with Gasteiger partial charge < -0.3 is 24.3 Å². The number of hydrogen-bond acceptors (Lipinski definition) is 7. The van der Waals surface area contributed by atoms with Crippen molar-refractivity contribution < 1.29 is 28.5 Å². The van der Waals surface area contributed by atoms with Crippen molar-refractivity contribution in [3.8, 4) is 17.2 Å². The van der Waals surface area contributed by atoms with E-state index in [-0.39, 0.29) is 12.5 Å². The van der Waals surface area contributed by atoms with E-state index in [1.165, 1.54) is 33.5 Å². The highest BCUT2D eigenvalue weighted by atomic mass is 32.1. The molecule has 0 fully saturated rings. The number of methoxy groups -OCH3 is 3. The highest BCUT2D eigenvalue weighted by Crippen LogP contribution is 2.38. The Labute approximate surface area is 161 Å². The van der Waals surface area contributed by atoms with Gasteiger partial charge in [0.25, 0.3) is 5.91 Å². The van der Waals surface area contributed by atoms with E-state index in [9.17, 15) is 9.59 Å². The minimum Gasteiger partial charge on any atom is -0.493 e. The molecule has 1 heterocycles. The SMILES string of the molecule is COc1cc(C=CC(=O)OCC(=O)NCc2cccs2)cc(OC)c1OC. The van der Waals surface area contributed by atoms with Gasteiger partial charge >= 0.3 is 5.97 Å². The van der Waals surface area contributed by atoms with Crippen LogP contribution >= 0.6 is 11.3 Å². The van der Waals surface area contributed by atoms with Crippen molar-refractivity contribution in [1.29, 1.82) is 0 Å². The number of nitrogens with one attached hydrogen (secondary N) is 1. The summed E-state index contributed by atoms with van der Waals surface area (Å²) in [5.41, 5.74) is 0.656. The van der Waals surface area contributed by atoms with Crippen molar-refractivity contribution in [2.45, 2.75) is 6.54 Å². The monoisotopic (exact) mass is 391 g/mol. The number of ether oxygens (including phenoxy) is 4. The maximum Gasteiger partial charge on any atom is 0.331 e. The first-order chi connectivity index (χ1) is 13.1. The van der Waals surface area contributed by atoms with Gasteiger partial charge in [-0.2, -0.15) is 0 Å². The molecular formula is C19H21NO6S. The van der Waals surface area contributed by atoms with Crippen molar-refractivity contribution in [2.75, 3.05) is 27.9 Å². The summed E-state index contributed by atoms with van der Waals surface area (Å²) in [5.74, 6) is 0.408. The molecule has 0 bridgehead atoms. The second kappa shape index (κ2) is 10.2. The molecule has 2 rings (SSSR count). The molecule has 144 valence electrons. The Morgan fingerprint density at radius 1 is 1.11 bits per heavy atom. The highest BCUT2D eigenvalue weighted by Gasteiger charge is 2.12. The summed E-state index contributed by atoms with van der Waals surface area (Å²) >= 11 is 1.54. The number of amides is 1. The van der Waals surface area contributed by atoms with Crippen LogP contribution in [0, 0.1) is 0 Å². The average molecular weight is 391 g/mol. The fraction of sp³-hybridized carbons (Fsp3) is 0.263. The summed E-state index contributed by atoms with van der Waals surface area (Å²) in [6.07, 6.45) is 2.77. The molecule has 0 aliphatic rings. The van der Waals surface area contributed by atoms with Crippen LogP contribution in [-0.2, 0) is 20.9 Å². The van der Waals surface area contributed by atoms with Crippen molar-refractivity contribution in [2.24, 2.45) is 0 Å². The molecule has 1 amide bonds. The minimum absolute atomic E-state index is 0.343. The first-order valence-corrected chi connectivity index (χ1v) is 8.89. The normalized spacial score (nSPS) is 10.5. The summed E-state index contributed by atoms with van der Waals surface area (Å²) < 4.78 is 20.7. The Hall–Kier alpha value is -3.00. The van der Waals surface area contributed by atoms with E-state index >= 15 is 0 Å². The van der Waals surface area contributed by atoms with Gasteiger partial charge in [0.05, 0.1) is 27.9 Å². The van der Waals surface area contributed by atoms with E-state index in [2.05, 4.69) is 5.32 Å². The summed E-state index contributed by atoms with van der Waals surface area (Å²) in [6, 6.07) is 7.20. The van der Waals surface area contributed by atoms with Crippen LogP contribution in [0.1, 0.15) is 10.4 Å². The van der Waals surface area contributed by atoms with Crippen LogP contribution in [0.2, 0.25) is 0 Å². The molecule has 0 saturated heterocycles. The Kier molecular flexibility index (Phi) is 7.69. The lowest BCUT2D eigenvalue weighted by atomic mass is 10.1. The van der Waals surface area contributed by atoms with Gasteiger partial charge in [0.15, 0.2) is 18.1 Å². The molecule has 0 unspecified atom stereocenters. The fourth-order valence-electron chi connectivity index (χ4n) is 2.20. The molecule has 0 saturated carbocycles. The minimum atomic E-state index is -0.630. The van der Waals surface area contributed by atoms with E-state index in [0.717, 1.165) is 4.88 Å². The lowest BCUT2D eigenvalue weighted by Gasteiger charge is -2.12. The summed E-state index contributed by atoms with van der Waals surface area (Å²) in [7, 11) is 4.53. The average Bonchev–Trinajstić information content (AvgIpc) is 3.21. The van der Waals surface area contributed by atoms with Crippen LogP contribution in [0.5, 0.6) is 17.2 Å². The highest BCUT2D eigenvalue weighted by molar-refractivity contribution is 7.09. The van der Waals surface area contributed by atoms with Gasteiger partial charge in [-0.3, -0.25) is 4.79 Å². The molecule has 1 aromatic carbocycles. The molecule has 0 aliphatic heterocycles. The van der Waals surface area contributed by atoms with E-state index < -0.39 is 5.97 Å². The predicted molar refractivity (Wildman–Crippen MR) is 102 cm³/mol. The standard InChI is InChI=1S/C19H21NO6S/c1-23-15-9-13(10-16(24-2)19(15)25-3)6-7-18(22)26-12-17(21)20-11-14-5-4-8-27-14/h4-10H,11-12H2,1-3H3,(H,20,21). The zero-order chi connectivity index (χ0) is 19.6. The van der Waals surface area contributed by atoms with E-state index in [1.807, 2.05) is 17.5 Å².